The van der Waals surface area contributed by atoms with Crippen molar-refractivity contribution >= 4 is 16.4 Å². The van der Waals surface area contributed by atoms with E-state index in [-0.39, 0.29) is 19.6 Å². The van der Waals surface area contributed by atoms with Crippen LogP contribution in [-0.4, -0.2) is 97.5 Å². The Hall–Kier alpha value is -1.68. The smallest absolute Gasteiger partial charge is 0.397 e. The summed E-state index contributed by atoms with van der Waals surface area (Å²) in [6, 6.07) is 0. The van der Waals surface area contributed by atoms with Crippen molar-refractivity contribution in [1.82, 2.24) is 0 Å². The van der Waals surface area contributed by atoms with Crippen LogP contribution in [0, 0.1) is 0 Å². The molecule has 0 aromatic heterocycles. The van der Waals surface area contributed by atoms with Gasteiger partial charge in [-0.15, -0.1) is 0 Å². The first-order chi connectivity index (χ1) is 29.1. The number of ether oxygens (including phenoxy) is 4. The Bertz CT molecular complexity index is 1190. The SMILES string of the molecule is CCCCCC/C=C\C/C=C\CCCCCCCCOCC(COC1OC(CO)C(O)C(OS(=O)(=O)O)C1O)OC(=O)CCCCCCC/C=C\CCCCCCCCC. The molecule has 0 aromatic rings. The van der Waals surface area contributed by atoms with Crippen molar-refractivity contribution in [1.29, 1.82) is 0 Å². The predicted molar refractivity (Wildman–Crippen MR) is 239 cm³/mol. The van der Waals surface area contributed by atoms with E-state index >= 15 is 0 Å². The molecule has 4 N–H and O–H groups in total. The Balaban J connectivity index is 2.43. The Morgan fingerprint density at radius 3 is 1.62 bits per heavy atom. The molecule has 6 unspecified atom stereocenters. The van der Waals surface area contributed by atoms with E-state index in [0.717, 1.165) is 77.0 Å². The first kappa shape index (κ1) is 56.3. The van der Waals surface area contributed by atoms with E-state index in [2.05, 4.69) is 54.5 Å². The second-order valence-electron chi connectivity index (χ2n) is 16.3. The number of allylic oxidation sites excluding steroid dienone is 6. The van der Waals surface area contributed by atoms with Gasteiger partial charge in [0.05, 0.1) is 19.8 Å². The number of hydrogen-bond acceptors (Lipinski definition) is 11. The van der Waals surface area contributed by atoms with Gasteiger partial charge < -0.3 is 34.3 Å². The highest BCUT2D eigenvalue weighted by Crippen LogP contribution is 2.26. The lowest BCUT2D eigenvalue weighted by atomic mass is 9.99. The van der Waals surface area contributed by atoms with Crippen LogP contribution in [0.25, 0.3) is 0 Å². The summed E-state index contributed by atoms with van der Waals surface area (Å²) < 4.78 is 59.1. The molecule has 1 heterocycles. The number of rotatable bonds is 41. The molecule has 0 aliphatic carbocycles. The van der Waals surface area contributed by atoms with Crippen molar-refractivity contribution in [2.24, 2.45) is 0 Å². The number of unbranched alkanes of at least 4 members (excludes halogenated alkanes) is 22. The quantitative estimate of drug-likeness (QED) is 0.0198. The average molecular weight is 875 g/mol. The van der Waals surface area contributed by atoms with Crippen LogP contribution in [0.4, 0.5) is 0 Å². The molecule has 0 radical (unpaired) electrons. The van der Waals surface area contributed by atoms with Gasteiger partial charge in [0.2, 0.25) is 0 Å². The molecule has 12 nitrogen and oxygen atoms in total. The van der Waals surface area contributed by atoms with Crippen molar-refractivity contribution in [3.8, 4) is 0 Å². The molecule has 352 valence electrons. The minimum atomic E-state index is -5.06. The molecule has 0 bridgehead atoms. The molecule has 1 fully saturated rings. The Labute approximate surface area is 364 Å². The Kier molecular flexibility index (Phi) is 36.6. The highest BCUT2D eigenvalue weighted by atomic mass is 32.3. The van der Waals surface area contributed by atoms with Crippen molar-refractivity contribution in [2.75, 3.05) is 26.4 Å². The van der Waals surface area contributed by atoms with Gasteiger partial charge in [-0.3, -0.25) is 9.35 Å². The minimum absolute atomic E-state index is 0.0262. The molecule has 13 heteroatoms. The van der Waals surface area contributed by atoms with Crippen molar-refractivity contribution in [2.45, 2.75) is 230 Å². The molecule has 1 aliphatic rings. The summed E-state index contributed by atoms with van der Waals surface area (Å²) in [5.74, 6) is -0.411. The molecule has 1 saturated heterocycles. The van der Waals surface area contributed by atoms with E-state index in [1.54, 1.807) is 0 Å². The number of esters is 1. The van der Waals surface area contributed by atoms with Crippen LogP contribution < -0.4 is 0 Å². The van der Waals surface area contributed by atoms with Gasteiger partial charge in [-0.25, -0.2) is 4.18 Å². The van der Waals surface area contributed by atoms with Crippen LogP contribution in [0.15, 0.2) is 36.5 Å². The maximum absolute atomic E-state index is 12.9. The number of hydrogen-bond donors (Lipinski definition) is 4. The molecular weight excluding hydrogens is 789 g/mol. The highest BCUT2D eigenvalue weighted by Gasteiger charge is 2.48. The van der Waals surface area contributed by atoms with Gasteiger partial charge in [-0.2, -0.15) is 8.42 Å². The fraction of sp³-hybridized carbons (Fsp3) is 0.851. The third-order valence-electron chi connectivity index (χ3n) is 10.7. The van der Waals surface area contributed by atoms with Crippen LogP contribution in [-0.2, 0) is 38.3 Å². The van der Waals surface area contributed by atoms with Crippen molar-refractivity contribution < 1.29 is 56.2 Å². The number of carbonyl (C=O) groups excluding carboxylic acids is 1. The highest BCUT2D eigenvalue weighted by molar-refractivity contribution is 7.80. The van der Waals surface area contributed by atoms with Gasteiger partial charge in [-0.05, 0) is 70.6 Å². The maximum Gasteiger partial charge on any atom is 0.397 e. The summed E-state index contributed by atoms with van der Waals surface area (Å²) in [6.07, 6.45) is 36.0. The lowest BCUT2D eigenvalue weighted by Gasteiger charge is -2.41. The lowest BCUT2D eigenvalue weighted by Crippen LogP contribution is -2.60. The number of aliphatic hydroxyl groups excluding tert-OH is 3. The van der Waals surface area contributed by atoms with E-state index < -0.39 is 59.8 Å². The second kappa shape index (κ2) is 39.0. The van der Waals surface area contributed by atoms with Gasteiger partial charge >= 0.3 is 16.4 Å². The standard InChI is InChI=1S/C47H86O12S/c1-3-5-7-9-11-13-15-17-19-21-23-25-27-29-31-33-35-37-55-39-41(40-56-47-45(51)46(59-60(52,53)54)44(50)42(38-48)58-47)57-43(49)36-34-32-30-28-26-24-22-20-18-16-14-12-10-8-6-4-2/h13,15,19-22,41-42,44-48,50-51H,3-12,14,16-18,23-40H2,1-2H3,(H,52,53,54)/b15-13-,21-19-,22-20-. The largest absolute Gasteiger partial charge is 0.457 e. The maximum atomic E-state index is 12.9. The average Bonchev–Trinajstić information content (AvgIpc) is 3.22. The first-order valence-corrected chi connectivity index (χ1v) is 25.1. The summed E-state index contributed by atoms with van der Waals surface area (Å²) >= 11 is 0. The lowest BCUT2D eigenvalue weighted by molar-refractivity contribution is -0.301. The Morgan fingerprint density at radius 1 is 0.633 bits per heavy atom. The predicted octanol–water partition coefficient (Wildman–Crippen LogP) is 10.2. The third kappa shape index (κ3) is 32.1. The van der Waals surface area contributed by atoms with Gasteiger partial charge in [0, 0.05) is 13.0 Å². The molecule has 0 spiro atoms. The molecule has 0 aromatic carbocycles. The summed E-state index contributed by atoms with van der Waals surface area (Å²) in [7, 11) is -5.06. The van der Waals surface area contributed by atoms with Crippen LogP contribution in [0.3, 0.4) is 0 Å². The van der Waals surface area contributed by atoms with Crippen molar-refractivity contribution in [3.63, 3.8) is 0 Å². The van der Waals surface area contributed by atoms with Crippen LogP contribution >= 0.6 is 0 Å². The molecule has 0 amide bonds. The van der Waals surface area contributed by atoms with Gasteiger partial charge in [0.1, 0.15) is 30.5 Å². The summed E-state index contributed by atoms with van der Waals surface area (Å²) in [5.41, 5.74) is 0. The monoisotopic (exact) mass is 875 g/mol. The van der Waals surface area contributed by atoms with E-state index in [1.807, 2.05) is 0 Å². The van der Waals surface area contributed by atoms with Gasteiger partial charge in [0.15, 0.2) is 6.29 Å². The van der Waals surface area contributed by atoms with Crippen LogP contribution in [0.5, 0.6) is 0 Å². The van der Waals surface area contributed by atoms with E-state index in [9.17, 15) is 28.5 Å². The van der Waals surface area contributed by atoms with Crippen molar-refractivity contribution in [3.05, 3.63) is 36.5 Å². The Morgan fingerprint density at radius 2 is 1.10 bits per heavy atom. The summed E-state index contributed by atoms with van der Waals surface area (Å²) in [6.45, 7) is 3.94. The van der Waals surface area contributed by atoms with Crippen LogP contribution in [0.1, 0.15) is 194 Å². The number of carbonyl (C=O) groups is 1. The first-order valence-electron chi connectivity index (χ1n) is 23.7. The molecule has 0 saturated carbocycles. The zero-order valence-electron chi connectivity index (χ0n) is 37.5. The molecule has 60 heavy (non-hydrogen) atoms. The zero-order valence-corrected chi connectivity index (χ0v) is 38.3. The van der Waals surface area contributed by atoms with E-state index in [4.69, 9.17) is 23.5 Å². The third-order valence-corrected chi connectivity index (χ3v) is 11.2. The molecule has 1 aliphatic heterocycles. The van der Waals surface area contributed by atoms with E-state index in [1.165, 1.54) is 89.9 Å². The number of aliphatic hydroxyl groups is 3. The fourth-order valence-electron chi connectivity index (χ4n) is 7.11. The molecular formula is C47H86O12S. The summed E-state index contributed by atoms with van der Waals surface area (Å²) in [5, 5.41) is 30.7. The molecule has 6 atom stereocenters. The van der Waals surface area contributed by atoms with Gasteiger partial charge in [-0.1, -0.05) is 153 Å². The fourth-order valence-corrected chi connectivity index (χ4v) is 7.62. The minimum Gasteiger partial charge on any atom is -0.457 e. The normalized spacial score (nSPS) is 20.5. The zero-order chi connectivity index (χ0) is 43.9. The second-order valence-corrected chi connectivity index (χ2v) is 17.4. The van der Waals surface area contributed by atoms with Gasteiger partial charge in [0.25, 0.3) is 0 Å². The topological polar surface area (TPSA) is 178 Å². The van der Waals surface area contributed by atoms with Crippen LogP contribution in [0.2, 0.25) is 0 Å². The summed E-state index contributed by atoms with van der Waals surface area (Å²) in [4.78, 5) is 12.9. The molecule has 1 rings (SSSR count). The van der Waals surface area contributed by atoms with E-state index in [0.29, 0.717) is 13.0 Å².